The highest BCUT2D eigenvalue weighted by atomic mass is 16.5. The third kappa shape index (κ3) is 3.41. The summed E-state index contributed by atoms with van der Waals surface area (Å²) in [6, 6.07) is 2.01. The van der Waals surface area contributed by atoms with Gasteiger partial charge in [0.1, 0.15) is 5.75 Å². The third-order valence-corrected chi connectivity index (χ3v) is 3.35. The summed E-state index contributed by atoms with van der Waals surface area (Å²) in [5, 5.41) is 0. The van der Waals surface area contributed by atoms with Crippen LogP contribution in [0.1, 0.15) is 37.3 Å². The molecule has 0 radical (unpaired) electrons. The predicted octanol–water partition coefficient (Wildman–Crippen LogP) is 1.55. The van der Waals surface area contributed by atoms with Gasteiger partial charge in [0.25, 0.3) is 0 Å². The molecule has 0 amide bonds. The molecule has 5 nitrogen and oxygen atoms in total. The van der Waals surface area contributed by atoms with Crippen LogP contribution in [0.5, 0.6) is 5.75 Å². The van der Waals surface area contributed by atoms with Crippen LogP contribution in [0.4, 0.5) is 0 Å². The zero-order valence-electron chi connectivity index (χ0n) is 10.8. The molecule has 1 aliphatic rings. The Morgan fingerprint density at radius 1 is 1.56 bits per heavy atom. The first-order chi connectivity index (χ1) is 8.83. The molecule has 0 spiro atoms. The molecule has 2 unspecified atom stereocenters. The fourth-order valence-corrected chi connectivity index (χ4v) is 2.29. The molecule has 1 aromatic heterocycles. The molecule has 100 valence electrons. The first kappa shape index (κ1) is 13.3. The molecular weight excluding hydrogens is 230 g/mol. The van der Waals surface area contributed by atoms with E-state index >= 15 is 0 Å². The maximum absolute atomic E-state index is 5.74. The van der Waals surface area contributed by atoms with Crippen molar-refractivity contribution >= 4 is 0 Å². The van der Waals surface area contributed by atoms with E-state index in [1.807, 2.05) is 12.3 Å². The predicted molar refractivity (Wildman–Crippen MR) is 69.1 cm³/mol. The lowest BCUT2D eigenvalue weighted by atomic mass is 9.98. The first-order valence-electron chi connectivity index (χ1n) is 6.40. The number of ether oxygens (including phenoxy) is 2. The van der Waals surface area contributed by atoms with Crippen LogP contribution in [0, 0.1) is 0 Å². The minimum Gasteiger partial charge on any atom is -0.495 e. The third-order valence-electron chi connectivity index (χ3n) is 3.35. The summed E-state index contributed by atoms with van der Waals surface area (Å²) in [6.45, 7) is 0.859. The number of pyridine rings is 1. The second kappa shape index (κ2) is 6.68. The van der Waals surface area contributed by atoms with E-state index in [1.165, 1.54) is 6.42 Å². The van der Waals surface area contributed by atoms with Crippen molar-refractivity contribution in [2.45, 2.75) is 37.8 Å². The van der Waals surface area contributed by atoms with Gasteiger partial charge in [0, 0.05) is 12.8 Å². The highest BCUT2D eigenvalue weighted by Crippen LogP contribution is 2.25. The minimum absolute atomic E-state index is 0.0516. The van der Waals surface area contributed by atoms with Gasteiger partial charge in [-0.2, -0.15) is 0 Å². The Morgan fingerprint density at radius 2 is 2.44 bits per heavy atom. The number of methoxy groups -OCH3 is 1. The van der Waals surface area contributed by atoms with E-state index in [1.54, 1.807) is 13.3 Å². The summed E-state index contributed by atoms with van der Waals surface area (Å²) >= 11 is 0. The van der Waals surface area contributed by atoms with Crippen molar-refractivity contribution in [1.82, 2.24) is 10.4 Å². The van der Waals surface area contributed by atoms with Gasteiger partial charge >= 0.3 is 0 Å². The number of hydrogen-bond acceptors (Lipinski definition) is 5. The summed E-state index contributed by atoms with van der Waals surface area (Å²) in [5.41, 5.74) is 3.87. The van der Waals surface area contributed by atoms with Gasteiger partial charge in [0.05, 0.1) is 25.5 Å². The lowest BCUT2D eigenvalue weighted by Crippen LogP contribution is -2.33. The number of nitrogens with two attached hydrogens (primary N) is 1. The van der Waals surface area contributed by atoms with Crippen molar-refractivity contribution in [2.75, 3.05) is 13.7 Å². The maximum Gasteiger partial charge on any atom is 0.137 e. The molecular formula is C13H21N3O2. The average molecular weight is 251 g/mol. The van der Waals surface area contributed by atoms with Crippen LogP contribution >= 0.6 is 0 Å². The van der Waals surface area contributed by atoms with Crippen molar-refractivity contribution in [3.05, 3.63) is 24.0 Å². The second-order valence-electron chi connectivity index (χ2n) is 4.60. The van der Waals surface area contributed by atoms with Crippen molar-refractivity contribution in [3.63, 3.8) is 0 Å². The zero-order chi connectivity index (χ0) is 12.8. The Hall–Kier alpha value is -1.17. The van der Waals surface area contributed by atoms with Gasteiger partial charge in [-0.15, -0.1) is 0 Å². The molecule has 18 heavy (non-hydrogen) atoms. The van der Waals surface area contributed by atoms with Crippen molar-refractivity contribution in [2.24, 2.45) is 5.84 Å². The smallest absolute Gasteiger partial charge is 0.137 e. The molecule has 1 aromatic rings. The molecule has 2 rings (SSSR count). The summed E-state index contributed by atoms with van der Waals surface area (Å²) in [5.74, 6) is 6.39. The normalized spacial score (nSPS) is 21.6. The standard InChI is InChI=1S/C13H21N3O2/c1-17-12-6-10(8-15-9-12)13(16-14)7-11-4-2-3-5-18-11/h6,8-9,11,13,16H,2-5,7,14H2,1H3. The number of hydrazine groups is 1. The van der Waals surface area contributed by atoms with Gasteiger partial charge in [-0.1, -0.05) is 0 Å². The number of nitrogens with zero attached hydrogens (tertiary/aromatic N) is 1. The van der Waals surface area contributed by atoms with Crippen LogP contribution in [0.15, 0.2) is 18.5 Å². The Morgan fingerprint density at radius 3 is 3.11 bits per heavy atom. The molecule has 2 atom stereocenters. The molecule has 0 bridgehead atoms. The van der Waals surface area contributed by atoms with Crippen LogP contribution in [0.2, 0.25) is 0 Å². The van der Waals surface area contributed by atoms with Crippen LogP contribution in [-0.2, 0) is 4.74 Å². The van der Waals surface area contributed by atoms with E-state index < -0.39 is 0 Å². The largest absolute Gasteiger partial charge is 0.495 e. The highest BCUT2D eigenvalue weighted by molar-refractivity contribution is 5.25. The molecule has 1 aliphatic heterocycles. The Kier molecular flexibility index (Phi) is 4.92. The second-order valence-corrected chi connectivity index (χ2v) is 4.60. The van der Waals surface area contributed by atoms with Gasteiger partial charge in [-0.3, -0.25) is 16.3 Å². The van der Waals surface area contributed by atoms with E-state index in [-0.39, 0.29) is 12.1 Å². The zero-order valence-corrected chi connectivity index (χ0v) is 10.8. The SMILES string of the molecule is COc1cncc(C(CC2CCCCO2)NN)c1. The molecule has 0 aromatic carbocycles. The van der Waals surface area contributed by atoms with E-state index in [0.29, 0.717) is 0 Å². The Bertz CT molecular complexity index is 367. The molecule has 0 saturated carbocycles. The fraction of sp³-hybridized carbons (Fsp3) is 0.615. The molecule has 1 fully saturated rings. The number of nitrogens with one attached hydrogen (secondary N) is 1. The average Bonchev–Trinajstić information content (AvgIpc) is 2.46. The van der Waals surface area contributed by atoms with Gasteiger partial charge in [-0.05, 0) is 37.3 Å². The van der Waals surface area contributed by atoms with E-state index in [4.69, 9.17) is 15.3 Å². The number of hydrogen-bond donors (Lipinski definition) is 2. The van der Waals surface area contributed by atoms with Crippen LogP contribution in [0.3, 0.4) is 0 Å². The minimum atomic E-state index is 0.0516. The summed E-state index contributed by atoms with van der Waals surface area (Å²) < 4.78 is 10.9. The Labute approximate surface area is 108 Å². The summed E-state index contributed by atoms with van der Waals surface area (Å²) in [4.78, 5) is 4.16. The molecule has 3 N–H and O–H groups in total. The van der Waals surface area contributed by atoms with E-state index in [9.17, 15) is 0 Å². The molecule has 2 heterocycles. The summed E-state index contributed by atoms with van der Waals surface area (Å²) in [7, 11) is 1.63. The van der Waals surface area contributed by atoms with Gasteiger partial charge in [0.2, 0.25) is 0 Å². The van der Waals surface area contributed by atoms with Crippen LogP contribution < -0.4 is 16.0 Å². The number of aromatic nitrogens is 1. The molecule has 0 aliphatic carbocycles. The lowest BCUT2D eigenvalue weighted by molar-refractivity contribution is 0.00499. The lowest BCUT2D eigenvalue weighted by Gasteiger charge is -2.26. The van der Waals surface area contributed by atoms with Gasteiger partial charge in [-0.25, -0.2) is 0 Å². The van der Waals surface area contributed by atoms with Crippen molar-refractivity contribution < 1.29 is 9.47 Å². The van der Waals surface area contributed by atoms with E-state index in [2.05, 4.69) is 10.4 Å². The number of rotatable bonds is 5. The highest BCUT2D eigenvalue weighted by Gasteiger charge is 2.20. The topological polar surface area (TPSA) is 69.4 Å². The quantitative estimate of drug-likeness (QED) is 0.614. The van der Waals surface area contributed by atoms with Crippen molar-refractivity contribution in [1.29, 1.82) is 0 Å². The van der Waals surface area contributed by atoms with Crippen LogP contribution in [-0.4, -0.2) is 24.8 Å². The summed E-state index contributed by atoms with van der Waals surface area (Å²) in [6.07, 6.45) is 8.16. The maximum atomic E-state index is 5.74. The van der Waals surface area contributed by atoms with E-state index in [0.717, 1.165) is 37.2 Å². The molecule has 5 heteroatoms. The Balaban J connectivity index is 2.02. The van der Waals surface area contributed by atoms with Crippen LogP contribution in [0.25, 0.3) is 0 Å². The monoisotopic (exact) mass is 251 g/mol. The van der Waals surface area contributed by atoms with Crippen molar-refractivity contribution in [3.8, 4) is 5.75 Å². The first-order valence-corrected chi connectivity index (χ1v) is 6.40. The van der Waals surface area contributed by atoms with Gasteiger partial charge in [0.15, 0.2) is 0 Å². The fourth-order valence-electron chi connectivity index (χ4n) is 2.29. The molecule has 1 saturated heterocycles. The van der Waals surface area contributed by atoms with Gasteiger partial charge < -0.3 is 9.47 Å².